The molecular weight excluding hydrogens is 278 g/mol. The SMILES string of the molecule is CC(C)c1nnc(CNC(=O)c2cc(Cl)ccn2)n1C. The van der Waals surface area contributed by atoms with E-state index in [9.17, 15) is 4.79 Å². The summed E-state index contributed by atoms with van der Waals surface area (Å²) in [5.41, 5.74) is 0.281. The van der Waals surface area contributed by atoms with E-state index in [4.69, 9.17) is 11.6 Å². The van der Waals surface area contributed by atoms with E-state index in [1.165, 1.54) is 12.3 Å². The fraction of sp³-hybridized carbons (Fsp3) is 0.385. The first-order chi connectivity index (χ1) is 9.49. The van der Waals surface area contributed by atoms with Crippen LogP contribution in [0.3, 0.4) is 0 Å². The molecule has 0 aromatic carbocycles. The van der Waals surface area contributed by atoms with Crippen molar-refractivity contribution in [3.05, 3.63) is 40.7 Å². The van der Waals surface area contributed by atoms with Gasteiger partial charge in [0.25, 0.3) is 5.91 Å². The van der Waals surface area contributed by atoms with Gasteiger partial charge in [0.2, 0.25) is 0 Å². The number of halogens is 1. The Morgan fingerprint density at radius 3 is 2.80 bits per heavy atom. The van der Waals surface area contributed by atoms with Gasteiger partial charge in [-0.15, -0.1) is 10.2 Å². The summed E-state index contributed by atoms with van der Waals surface area (Å²) < 4.78 is 1.89. The second kappa shape index (κ2) is 6.00. The fourth-order valence-electron chi connectivity index (χ4n) is 1.81. The Morgan fingerprint density at radius 2 is 2.20 bits per heavy atom. The van der Waals surface area contributed by atoms with Crippen LogP contribution < -0.4 is 5.32 Å². The Bertz CT molecular complexity index is 623. The molecule has 2 aromatic heterocycles. The Hall–Kier alpha value is -1.95. The molecule has 0 bridgehead atoms. The van der Waals surface area contributed by atoms with Crippen LogP contribution in [0, 0.1) is 0 Å². The van der Waals surface area contributed by atoms with Crippen molar-refractivity contribution < 1.29 is 4.79 Å². The van der Waals surface area contributed by atoms with E-state index in [2.05, 4.69) is 20.5 Å². The molecule has 2 aromatic rings. The molecule has 0 spiro atoms. The first-order valence-electron chi connectivity index (χ1n) is 6.27. The van der Waals surface area contributed by atoms with Gasteiger partial charge in [-0.05, 0) is 12.1 Å². The molecule has 20 heavy (non-hydrogen) atoms. The molecular formula is C13H16ClN5O. The number of nitrogens with one attached hydrogen (secondary N) is 1. The van der Waals surface area contributed by atoms with Crippen LogP contribution in [0.25, 0.3) is 0 Å². The number of aromatic nitrogens is 4. The number of nitrogens with zero attached hydrogens (tertiary/aromatic N) is 4. The van der Waals surface area contributed by atoms with E-state index in [-0.39, 0.29) is 17.5 Å². The number of hydrogen-bond acceptors (Lipinski definition) is 4. The highest BCUT2D eigenvalue weighted by Gasteiger charge is 2.13. The summed E-state index contributed by atoms with van der Waals surface area (Å²) in [5, 5.41) is 11.4. The van der Waals surface area contributed by atoms with E-state index in [0.717, 1.165) is 5.82 Å². The molecule has 1 N–H and O–H groups in total. The van der Waals surface area contributed by atoms with E-state index in [0.29, 0.717) is 17.4 Å². The van der Waals surface area contributed by atoms with Gasteiger partial charge in [0.05, 0.1) is 6.54 Å². The highest BCUT2D eigenvalue weighted by molar-refractivity contribution is 6.30. The zero-order chi connectivity index (χ0) is 14.7. The molecule has 106 valence electrons. The van der Waals surface area contributed by atoms with Crippen molar-refractivity contribution in [1.82, 2.24) is 25.1 Å². The normalized spacial score (nSPS) is 10.8. The third-order valence-electron chi connectivity index (χ3n) is 2.88. The maximum absolute atomic E-state index is 11.9. The highest BCUT2D eigenvalue weighted by atomic mass is 35.5. The summed E-state index contributed by atoms with van der Waals surface area (Å²) in [6.45, 7) is 4.38. The lowest BCUT2D eigenvalue weighted by atomic mass is 10.2. The first kappa shape index (κ1) is 14.5. The lowest BCUT2D eigenvalue weighted by Crippen LogP contribution is -2.25. The average Bonchev–Trinajstić information content (AvgIpc) is 2.77. The Balaban J connectivity index is 2.04. The van der Waals surface area contributed by atoms with Crippen molar-refractivity contribution in [3.63, 3.8) is 0 Å². The molecule has 0 fully saturated rings. The van der Waals surface area contributed by atoms with Gasteiger partial charge >= 0.3 is 0 Å². The smallest absolute Gasteiger partial charge is 0.270 e. The topological polar surface area (TPSA) is 72.7 Å². The Morgan fingerprint density at radius 1 is 1.45 bits per heavy atom. The van der Waals surface area contributed by atoms with Crippen molar-refractivity contribution in [2.24, 2.45) is 7.05 Å². The summed E-state index contributed by atoms with van der Waals surface area (Å²) in [6.07, 6.45) is 1.50. The number of amides is 1. The zero-order valence-corrected chi connectivity index (χ0v) is 12.3. The third kappa shape index (κ3) is 3.14. The van der Waals surface area contributed by atoms with Gasteiger partial charge in [-0.2, -0.15) is 0 Å². The van der Waals surface area contributed by atoms with Crippen molar-refractivity contribution in [1.29, 1.82) is 0 Å². The summed E-state index contributed by atoms with van der Waals surface area (Å²) in [6, 6.07) is 3.14. The van der Waals surface area contributed by atoms with Crippen LogP contribution in [-0.2, 0) is 13.6 Å². The number of rotatable bonds is 4. The van der Waals surface area contributed by atoms with Gasteiger partial charge < -0.3 is 9.88 Å². The van der Waals surface area contributed by atoms with E-state index in [1.807, 2.05) is 25.5 Å². The quantitative estimate of drug-likeness (QED) is 0.935. The molecule has 0 unspecified atom stereocenters. The van der Waals surface area contributed by atoms with Crippen molar-refractivity contribution in [3.8, 4) is 0 Å². The van der Waals surface area contributed by atoms with Crippen LogP contribution in [0.4, 0.5) is 0 Å². The Labute approximate surface area is 122 Å². The van der Waals surface area contributed by atoms with Crippen molar-refractivity contribution in [2.75, 3.05) is 0 Å². The molecule has 0 saturated heterocycles. The van der Waals surface area contributed by atoms with Gasteiger partial charge in [0.15, 0.2) is 5.82 Å². The van der Waals surface area contributed by atoms with Gasteiger partial charge in [-0.25, -0.2) is 0 Å². The van der Waals surface area contributed by atoms with Crippen LogP contribution in [0.15, 0.2) is 18.3 Å². The minimum Gasteiger partial charge on any atom is -0.343 e. The number of pyridine rings is 1. The van der Waals surface area contributed by atoms with Gasteiger partial charge in [-0.1, -0.05) is 25.4 Å². The van der Waals surface area contributed by atoms with Crippen LogP contribution in [0.5, 0.6) is 0 Å². The summed E-state index contributed by atoms with van der Waals surface area (Å²) in [5.74, 6) is 1.58. The molecule has 0 saturated carbocycles. The number of carbonyl (C=O) groups is 1. The number of carbonyl (C=O) groups excluding carboxylic acids is 1. The highest BCUT2D eigenvalue weighted by Crippen LogP contribution is 2.11. The summed E-state index contributed by atoms with van der Waals surface area (Å²) >= 11 is 5.82. The lowest BCUT2D eigenvalue weighted by Gasteiger charge is -2.07. The standard InChI is InChI=1S/C13H16ClN5O/c1-8(2)12-18-17-11(19(12)3)7-16-13(20)10-6-9(14)4-5-15-10/h4-6,8H,7H2,1-3H3,(H,16,20). The first-order valence-corrected chi connectivity index (χ1v) is 6.64. The minimum absolute atomic E-state index is 0.281. The van der Waals surface area contributed by atoms with Gasteiger partial charge in [0.1, 0.15) is 11.5 Å². The Kier molecular flexibility index (Phi) is 4.34. The third-order valence-corrected chi connectivity index (χ3v) is 3.11. The van der Waals surface area contributed by atoms with Crippen LogP contribution in [0.2, 0.25) is 5.02 Å². The van der Waals surface area contributed by atoms with Crippen LogP contribution >= 0.6 is 11.6 Å². The maximum atomic E-state index is 11.9. The maximum Gasteiger partial charge on any atom is 0.270 e. The van der Waals surface area contributed by atoms with Gasteiger partial charge in [0, 0.05) is 24.2 Å². The molecule has 0 aliphatic rings. The van der Waals surface area contributed by atoms with Gasteiger partial charge in [-0.3, -0.25) is 9.78 Å². The molecule has 0 aliphatic carbocycles. The summed E-state index contributed by atoms with van der Waals surface area (Å²) in [7, 11) is 1.88. The molecule has 6 nitrogen and oxygen atoms in total. The second-order valence-electron chi connectivity index (χ2n) is 4.73. The van der Waals surface area contributed by atoms with Crippen LogP contribution in [-0.4, -0.2) is 25.7 Å². The van der Waals surface area contributed by atoms with Crippen LogP contribution in [0.1, 0.15) is 41.9 Å². The van der Waals surface area contributed by atoms with E-state index in [1.54, 1.807) is 6.07 Å². The minimum atomic E-state index is -0.290. The molecule has 0 atom stereocenters. The molecule has 0 aliphatic heterocycles. The molecule has 2 heterocycles. The second-order valence-corrected chi connectivity index (χ2v) is 5.17. The van der Waals surface area contributed by atoms with E-state index >= 15 is 0 Å². The average molecular weight is 294 g/mol. The van der Waals surface area contributed by atoms with Crippen molar-refractivity contribution >= 4 is 17.5 Å². The largest absolute Gasteiger partial charge is 0.343 e. The predicted octanol–water partition coefficient (Wildman–Crippen LogP) is 1.92. The lowest BCUT2D eigenvalue weighted by molar-refractivity contribution is 0.0944. The molecule has 7 heteroatoms. The molecule has 0 radical (unpaired) electrons. The fourth-order valence-corrected chi connectivity index (χ4v) is 1.97. The number of hydrogen-bond donors (Lipinski definition) is 1. The van der Waals surface area contributed by atoms with E-state index < -0.39 is 0 Å². The zero-order valence-electron chi connectivity index (χ0n) is 11.6. The van der Waals surface area contributed by atoms with Crippen molar-refractivity contribution in [2.45, 2.75) is 26.3 Å². The molecule has 1 amide bonds. The molecule has 2 rings (SSSR count). The monoisotopic (exact) mass is 293 g/mol. The predicted molar refractivity (Wildman–Crippen MR) is 75.5 cm³/mol. The summed E-state index contributed by atoms with van der Waals surface area (Å²) in [4.78, 5) is 15.9.